The van der Waals surface area contributed by atoms with Crippen molar-refractivity contribution in [2.24, 2.45) is 0 Å². The van der Waals surface area contributed by atoms with E-state index in [9.17, 15) is 4.79 Å². The van der Waals surface area contributed by atoms with Crippen LogP contribution in [0.2, 0.25) is 0 Å². The predicted molar refractivity (Wildman–Crippen MR) is 88.9 cm³/mol. The van der Waals surface area contributed by atoms with Crippen molar-refractivity contribution in [1.29, 1.82) is 0 Å². The number of benzene rings is 1. The van der Waals surface area contributed by atoms with Gasteiger partial charge in [0.15, 0.2) is 0 Å². The molecule has 108 valence electrons. The zero-order chi connectivity index (χ0) is 15.9. The van der Waals surface area contributed by atoms with Gasteiger partial charge in [-0.1, -0.05) is 44.5 Å². The molecule has 0 aliphatic carbocycles. The quantitative estimate of drug-likeness (QED) is 0.816. The lowest BCUT2D eigenvalue weighted by atomic mass is 10.0. The highest BCUT2D eigenvalue weighted by molar-refractivity contribution is 6.03. The lowest BCUT2D eigenvalue weighted by molar-refractivity contribution is 0.0716. The Bertz CT molecular complexity index is 942. The van der Waals surface area contributed by atoms with E-state index in [0.717, 1.165) is 22.3 Å². The predicted octanol–water partition coefficient (Wildman–Crippen LogP) is 3.05. The van der Waals surface area contributed by atoms with E-state index >= 15 is 0 Å². The maximum absolute atomic E-state index is 11.7. The Hall–Kier alpha value is -3.07. The van der Waals surface area contributed by atoms with E-state index < -0.39 is 0 Å². The van der Waals surface area contributed by atoms with E-state index in [-0.39, 0.29) is 5.97 Å². The summed E-state index contributed by atoms with van der Waals surface area (Å²) in [6, 6.07) is 5.49. The van der Waals surface area contributed by atoms with Gasteiger partial charge < -0.3 is 9.15 Å². The first kappa shape index (κ1) is 13.9. The molecule has 2 aromatic rings. The van der Waals surface area contributed by atoms with Gasteiger partial charge in [0.2, 0.25) is 0 Å². The van der Waals surface area contributed by atoms with Crippen molar-refractivity contribution < 1.29 is 13.9 Å². The first-order valence-electron chi connectivity index (χ1n) is 6.68. The van der Waals surface area contributed by atoms with Crippen LogP contribution in [0.1, 0.15) is 32.6 Å². The van der Waals surface area contributed by atoms with E-state index in [1.165, 1.54) is 0 Å². The molecular weight excluding hydrogens is 276 g/mol. The number of carbonyl (C=O) groups is 1. The van der Waals surface area contributed by atoms with E-state index in [2.05, 4.69) is 26.3 Å². The standard InChI is InChI=1S/C19H14O3/c1-5-15-11(2)21-12(3)16(15)8-6-14-7-9-17-13(4)22-19(20)18(17)10-14/h5-10H,1-4H2/b8-6+. The van der Waals surface area contributed by atoms with Crippen molar-refractivity contribution in [2.45, 2.75) is 0 Å². The van der Waals surface area contributed by atoms with E-state index in [4.69, 9.17) is 9.15 Å². The van der Waals surface area contributed by atoms with Gasteiger partial charge in [-0.2, -0.15) is 0 Å². The first-order chi connectivity index (χ1) is 10.5. The summed E-state index contributed by atoms with van der Waals surface area (Å²) in [5, 5.41) is 0. The third-order valence-corrected chi connectivity index (χ3v) is 3.56. The third kappa shape index (κ3) is 2.13. The minimum Gasteiger partial charge on any atom is -0.457 e. The Labute approximate surface area is 127 Å². The molecule has 0 bridgehead atoms. The number of hydrogen-bond acceptors (Lipinski definition) is 3. The van der Waals surface area contributed by atoms with Crippen molar-refractivity contribution in [3.05, 3.63) is 70.0 Å². The second kappa shape index (κ2) is 5.04. The van der Waals surface area contributed by atoms with E-state index in [1.54, 1.807) is 12.1 Å². The topological polar surface area (TPSA) is 39.4 Å². The Morgan fingerprint density at radius 2 is 1.68 bits per heavy atom. The summed E-state index contributed by atoms with van der Waals surface area (Å²) in [4.78, 5) is 11.7. The molecule has 1 aliphatic heterocycles. The molecular formula is C19H14O3. The molecule has 0 saturated carbocycles. The number of hydrogen-bond donors (Lipinski definition) is 0. The van der Waals surface area contributed by atoms with Crippen molar-refractivity contribution >= 4 is 43.1 Å². The van der Waals surface area contributed by atoms with Gasteiger partial charge in [0.25, 0.3) is 0 Å². The van der Waals surface area contributed by atoms with Gasteiger partial charge in [-0.25, -0.2) is 4.79 Å². The zero-order valence-corrected chi connectivity index (χ0v) is 12.0. The number of esters is 1. The molecule has 3 rings (SSSR count). The summed E-state index contributed by atoms with van der Waals surface area (Å²) in [6.07, 6.45) is 5.43. The second-order valence-corrected chi connectivity index (χ2v) is 4.93. The van der Waals surface area contributed by atoms with Gasteiger partial charge in [0.05, 0.1) is 5.56 Å². The Balaban J connectivity index is 2.02. The average molecular weight is 290 g/mol. The Morgan fingerprint density at radius 3 is 2.41 bits per heavy atom. The fourth-order valence-electron chi connectivity index (χ4n) is 2.44. The van der Waals surface area contributed by atoms with Gasteiger partial charge in [-0.3, -0.25) is 0 Å². The summed E-state index contributed by atoms with van der Waals surface area (Å²) < 4.78 is 10.4. The van der Waals surface area contributed by atoms with Crippen LogP contribution in [0.5, 0.6) is 0 Å². The van der Waals surface area contributed by atoms with Crippen LogP contribution in [0.15, 0.2) is 35.8 Å². The lowest BCUT2D eigenvalue weighted by Gasteiger charge is -1.97. The number of cyclic esters (lactones) is 1. The number of furan rings is 1. The third-order valence-electron chi connectivity index (χ3n) is 3.56. The summed E-state index contributed by atoms with van der Waals surface area (Å²) in [5.41, 5.74) is 4.83. The summed E-state index contributed by atoms with van der Waals surface area (Å²) in [7, 11) is 0. The normalized spacial score (nSPS) is 13.5. The molecule has 2 heterocycles. The minimum absolute atomic E-state index is 0.372. The van der Waals surface area contributed by atoms with Crippen molar-refractivity contribution in [3.8, 4) is 0 Å². The van der Waals surface area contributed by atoms with E-state index in [0.29, 0.717) is 22.2 Å². The molecule has 0 spiro atoms. The highest BCUT2D eigenvalue weighted by atomic mass is 16.5. The first-order valence-corrected chi connectivity index (χ1v) is 6.68. The maximum Gasteiger partial charge on any atom is 0.344 e. The summed E-state index contributed by atoms with van der Waals surface area (Å²) in [6.45, 7) is 15.1. The minimum atomic E-state index is -0.372. The van der Waals surface area contributed by atoms with Gasteiger partial charge in [-0.15, -0.1) is 0 Å². The van der Waals surface area contributed by atoms with Crippen LogP contribution in [0, 0.1) is 0 Å². The van der Waals surface area contributed by atoms with Crippen molar-refractivity contribution in [1.82, 2.24) is 0 Å². The maximum atomic E-state index is 11.7. The Kier molecular flexibility index (Phi) is 3.18. The molecule has 0 unspecified atom stereocenters. The number of fused-ring (bicyclic) bond motifs is 1. The van der Waals surface area contributed by atoms with Gasteiger partial charge in [0, 0.05) is 16.7 Å². The molecule has 0 atom stereocenters. The molecule has 0 saturated heterocycles. The molecule has 3 nitrogen and oxygen atoms in total. The molecule has 0 N–H and O–H groups in total. The zero-order valence-electron chi connectivity index (χ0n) is 12.0. The van der Waals surface area contributed by atoms with Crippen LogP contribution in [0.25, 0.3) is 37.1 Å². The average Bonchev–Trinajstić information content (AvgIpc) is 2.92. The van der Waals surface area contributed by atoms with Gasteiger partial charge in [-0.05, 0) is 23.8 Å². The molecule has 1 aromatic heterocycles. The molecule has 0 radical (unpaired) electrons. The fourth-order valence-corrected chi connectivity index (χ4v) is 2.44. The van der Waals surface area contributed by atoms with Crippen molar-refractivity contribution in [2.75, 3.05) is 0 Å². The van der Waals surface area contributed by atoms with Crippen LogP contribution < -0.4 is 10.8 Å². The Morgan fingerprint density at radius 1 is 0.955 bits per heavy atom. The molecule has 3 heteroatoms. The summed E-state index contributed by atoms with van der Waals surface area (Å²) in [5.74, 6) is 0.0179. The number of ether oxygens (including phenoxy) is 1. The highest BCUT2D eigenvalue weighted by Crippen LogP contribution is 2.29. The van der Waals surface area contributed by atoms with Crippen molar-refractivity contribution in [3.63, 3.8) is 0 Å². The van der Waals surface area contributed by atoms with Crippen LogP contribution >= 0.6 is 0 Å². The SMILES string of the molecule is C=Cc1c(/C=C/c2ccc3c(c2)C(=O)OC3=C)c(=C)oc1=C. The molecule has 1 aliphatic rings. The molecule has 0 fully saturated rings. The number of carbonyl (C=O) groups excluding carboxylic acids is 1. The lowest BCUT2D eigenvalue weighted by Crippen LogP contribution is -1.96. The van der Waals surface area contributed by atoms with Crippen LogP contribution in [0.3, 0.4) is 0 Å². The molecule has 0 amide bonds. The van der Waals surface area contributed by atoms with Crippen LogP contribution in [-0.2, 0) is 4.74 Å². The van der Waals surface area contributed by atoms with E-state index in [1.807, 2.05) is 24.3 Å². The van der Waals surface area contributed by atoms with Gasteiger partial charge in [0.1, 0.15) is 16.6 Å². The van der Waals surface area contributed by atoms with Crippen LogP contribution in [-0.4, -0.2) is 5.97 Å². The smallest absolute Gasteiger partial charge is 0.344 e. The fraction of sp³-hybridized carbons (Fsp3) is 0. The largest absolute Gasteiger partial charge is 0.457 e. The van der Waals surface area contributed by atoms with Crippen LogP contribution in [0.4, 0.5) is 0 Å². The summed E-state index contributed by atoms with van der Waals surface area (Å²) >= 11 is 0. The number of rotatable bonds is 3. The molecule has 22 heavy (non-hydrogen) atoms. The molecule has 1 aromatic carbocycles. The monoisotopic (exact) mass is 290 g/mol. The highest BCUT2D eigenvalue weighted by Gasteiger charge is 2.24. The van der Waals surface area contributed by atoms with Gasteiger partial charge >= 0.3 is 5.97 Å². The second-order valence-electron chi connectivity index (χ2n) is 4.93.